The molecule has 0 radical (unpaired) electrons. The Kier molecular flexibility index (Phi) is 3.83. The normalized spacial score (nSPS) is 11.2. The molecule has 20 heavy (non-hydrogen) atoms. The van der Waals surface area contributed by atoms with Crippen LogP contribution in [0.15, 0.2) is 53.5 Å². The predicted molar refractivity (Wildman–Crippen MR) is 64.5 cm³/mol. The molecule has 0 aliphatic rings. The molecule has 2 rings (SSSR count). The summed E-state index contributed by atoms with van der Waals surface area (Å²) in [6.45, 7) is 0. The number of rotatable bonds is 2. The highest BCUT2D eigenvalue weighted by Gasteiger charge is 2.28. The second kappa shape index (κ2) is 5.40. The molecule has 0 atom stereocenters. The summed E-state index contributed by atoms with van der Waals surface area (Å²) >= 11 is 0. The van der Waals surface area contributed by atoms with E-state index in [2.05, 4.69) is 4.99 Å². The van der Waals surface area contributed by atoms with Crippen LogP contribution in [0.1, 0.15) is 11.1 Å². The number of hydrogen-bond donors (Lipinski definition) is 0. The number of nitrogens with zero attached hydrogens (tertiary/aromatic N) is 1. The summed E-state index contributed by atoms with van der Waals surface area (Å²) in [6, 6.07) is 9.09. The quantitative estimate of drug-likeness (QED) is 0.442. The maximum atomic E-state index is 13.1. The molecule has 0 bridgehead atoms. The summed E-state index contributed by atoms with van der Waals surface area (Å²) in [5.74, 6) is -1.40. The molecular weight excluding hydrogens is 277 g/mol. The lowest BCUT2D eigenvalue weighted by atomic mass is 10.0. The molecule has 2 aromatic carbocycles. The Morgan fingerprint density at radius 3 is 1.60 bits per heavy atom. The fourth-order valence-electron chi connectivity index (χ4n) is 1.69. The third-order valence-electron chi connectivity index (χ3n) is 2.43. The third kappa shape index (κ3) is 3.63. The summed E-state index contributed by atoms with van der Waals surface area (Å²) in [5, 5.41) is 0. The molecule has 0 spiro atoms. The first-order chi connectivity index (χ1) is 9.35. The van der Waals surface area contributed by atoms with E-state index in [0.717, 1.165) is 24.3 Å². The van der Waals surface area contributed by atoms with E-state index in [1.54, 1.807) is 0 Å². The average molecular weight is 285 g/mol. The highest BCUT2D eigenvalue weighted by atomic mass is 19.4. The van der Waals surface area contributed by atoms with Crippen molar-refractivity contribution in [3.05, 3.63) is 71.3 Å². The molecule has 2 aromatic rings. The average Bonchev–Trinajstić information content (AvgIpc) is 2.35. The molecule has 0 aliphatic carbocycles. The second-order valence-electron chi connectivity index (χ2n) is 3.95. The lowest BCUT2D eigenvalue weighted by Crippen LogP contribution is -2.12. The number of halogens is 5. The van der Waals surface area contributed by atoms with Gasteiger partial charge in [0.1, 0.15) is 11.6 Å². The minimum absolute atomic E-state index is 0.0760. The summed E-state index contributed by atoms with van der Waals surface area (Å²) in [7, 11) is 0. The van der Waals surface area contributed by atoms with E-state index in [0.29, 0.717) is 0 Å². The Morgan fingerprint density at radius 1 is 0.800 bits per heavy atom. The topological polar surface area (TPSA) is 12.4 Å². The molecule has 0 unspecified atom stereocenters. The third-order valence-corrected chi connectivity index (χ3v) is 2.43. The standard InChI is InChI=1S/C14H8F5N/c15-11-5-1-3-9(7-11)13(20-14(17,18)19)10-4-2-6-12(16)8-10/h1-8H. The minimum Gasteiger partial charge on any atom is -0.207 e. The molecular formula is C14H8F5N. The first kappa shape index (κ1) is 14.2. The molecule has 0 amide bonds. The van der Waals surface area contributed by atoms with Crippen LogP contribution in [0.3, 0.4) is 0 Å². The van der Waals surface area contributed by atoms with Crippen LogP contribution in [0, 0.1) is 11.6 Å². The molecule has 0 saturated heterocycles. The van der Waals surface area contributed by atoms with Gasteiger partial charge in [-0.3, -0.25) is 0 Å². The Balaban J connectivity index is 2.60. The summed E-state index contributed by atoms with van der Waals surface area (Å²) in [6.07, 6.45) is -4.84. The molecule has 0 N–H and O–H groups in total. The molecule has 0 heterocycles. The van der Waals surface area contributed by atoms with E-state index in [4.69, 9.17) is 0 Å². The Labute approximate surface area is 111 Å². The van der Waals surface area contributed by atoms with E-state index in [1.165, 1.54) is 24.3 Å². The number of benzene rings is 2. The van der Waals surface area contributed by atoms with Gasteiger partial charge in [-0.25, -0.2) is 8.78 Å². The smallest absolute Gasteiger partial charge is 0.207 e. The van der Waals surface area contributed by atoms with Crippen LogP contribution in [0.2, 0.25) is 0 Å². The molecule has 0 aliphatic heterocycles. The van der Waals surface area contributed by atoms with Gasteiger partial charge in [0, 0.05) is 11.1 Å². The van der Waals surface area contributed by atoms with Crippen LogP contribution < -0.4 is 0 Å². The summed E-state index contributed by atoms with van der Waals surface area (Å²) in [5.41, 5.74) is -0.683. The molecule has 104 valence electrons. The minimum atomic E-state index is -4.84. The Morgan fingerprint density at radius 2 is 1.25 bits per heavy atom. The zero-order valence-corrected chi connectivity index (χ0v) is 9.96. The van der Waals surface area contributed by atoms with Gasteiger partial charge < -0.3 is 0 Å². The highest BCUT2D eigenvalue weighted by Crippen LogP contribution is 2.22. The largest absolute Gasteiger partial charge is 0.503 e. The maximum absolute atomic E-state index is 13.1. The monoisotopic (exact) mass is 285 g/mol. The van der Waals surface area contributed by atoms with Gasteiger partial charge in [0.15, 0.2) is 0 Å². The van der Waals surface area contributed by atoms with E-state index >= 15 is 0 Å². The molecule has 6 heteroatoms. The SMILES string of the molecule is Fc1cccc(C(=NC(F)(F)F)c2cccc(F)c2)c1. The fourth-order valence-corrected chi connectivity index (χ4v) is 1.69. The zero-order chi connectivity index (χ0) is 14.8. The van der Waals surface area contributed by atoms with Crippen molar-refractivity contribution in [2.24, 2.45) is 4.99 Å². The van der Waals surface area contributed by atoms with Gasteiger partial charge >= 0.3 is 6.30 Å². The first-order valence-electron chi connectivity index (χ1n) is 5.53. The number of aliphatic imine (C=N–C) groups is 1. The molecule has 0 saturated carbocycles. The summed E-state index contributed by atoms with van der Waals surface area (Å²) < 4.78 is 63.8. The van der Waals surface area contributed by atoms with Gasteiger partial charge in [-0.15, -0.1) is 13.2 Å². The van der Waals surface area contributed by atoms with Crippen LogP contribution in [0.4, 0.5) is 22.0 Å². The van der Waals surface area contributed by atoms with Gasteiger partial charge in [-0.1, -0.05) is 24.3 Å². The summed E-state index contributed by atoms with van der Waals surface area (Å²) in [4.78, 5) is 2.61. The van der Waals surface area contributed by atoms with Crippen molar-refractivity contribution in [2.45, 2.75) is 6.30 Å². The van der Waals surface area contributed by atoms with Gasteiger partial charge in [-0.05, 0) is 24.3 Å². The van der Waals surface area contributed by atoms with E-state index in [-0.39, 0.29) is 11.1 Å². The van der Waals surface area contributed by atoms with Crippen molar-refractivity contribution in [3.8, 4) is 0 Å². The van der Waals surface area contributed by atoms with Gasteiger partial charge in [-0.2, -0.15) is 4.99 Å². The van der Waals surface area contributed by atoms with Crippen LogP contribution in [-0.2, 0) is 0 Å². The number of hydrogen-bond acceptors (Lipinski definition) is 1. The first-order valence-corrected chi connectivity index (χ1v) is 5.53. The Hall–Kier alpha value is -2.24. The van der Waals surface area contributed by atoms with E-state index < -0.39 is 23.6 Å². The van der Waals surface area contributed by atoms with Crippen molar-refractivity contribution in [2.75, 3.05) is 0 Å². The van der Waals surface area contributed by atoms with Crippen LogP contribution >= 0.6 is 0 Å². The van der Waals surface area contributed by atoms with Crippen LogP contribution in [0.25, 0.3) is 0 Å². The predicted octanol–water partition coefficient (Wildman–Crippen LogP) is 4.32. The molecule has 0 fully saturated rings. The fraction of sp³-hybridized carbons (Fsp3) is 0.0714. The lowest BCUT2D eigenvalue weighted by molar-refractivity contribution is -0.119. The van der Waals surface area contributed by atoms with Crippen LogP contribution in [-0.4, -0.2) is 12.0 Å². The molecule has 0 aromatic heterocycles. The highest BCUT2D eigenvalue weighted by molar-refractivity contribution is 6.13. The second-order valence-corrected chi connectivity index (χ2v) is 3.95. The number of alkyl halides is 3. The van der Waals surface area contributed by atoms with Crippen LogP contribution in [0.5, 0.6) is 0 Å². The van der Waals surface area contributed by atoms with Gasteiger partial charge in [0.05, 0.1) is 5.71 Å². The van der Waals surface area contributed by atoms with Crippen molar-refractivity contribution in [3.63, 3.8) is 0 Å². The van der Waals surface area contributed by atoms with E-state index in [9.17, 15) is 22.0 Å². The van der Waals surface area contributed by atoms with Gasteiger partial charge in [0.2, 0.25) is 0 Å². The van der Waals surface area contributed by atoms with Crippen molar-refractivity contribution >= 4 is 5.71 Å². The lowest BCUT2D eigenvalue weighted by Gasteiger charge is -2.09. The molecule has 1 nitrogen and oxygen atoms in total. The van der Waals surface area contributed by atoms with Crippen molar-refractivity contribution in [1.29, 1.82) is 0 Å². The zero-order valence-electron chi connectivity index (χ0n) is 9.96. The van der Waals surface area contributed by atoms with E-state index in [1.807, 2.05) is 0 Å². The Bertz CT molecular complexity index is 599. The van der Waals surface area contributed by atoms with Gasteiger partial charge in [0.25, 0.3) is 0 Å². The maximum Gasteiger partial charge on any atom is 0.503 e. The van der Waals surface area contributed by atoms with Crippen molar-refractivity contribution in [1.82, 2.24) is 0 Å². The van der Waals surface area contributed by atoms with Crippen molar-refractivity contribution < 1.29 is 22.0 Å².